The first-order chi connectivity index (χ1) is 14.6. The molecule has 0 saturated carbocycles. The highest BCUT2D eigenvalue weighted by Crippen LogP contribution is 2.46. The van der Waals surface area contributed by atoms with Crippen LogP contribution in [0.4, 0.5) is 14.5 Å². The van der Waals surface area contributed by atoms with Crippen LogP contribution in [0.1, 0.15) is 28.8 Å². The van der Waals surface area contributed by atoms with Gasteiger partial charge in [0.1, 0.15) is 17.4 Å². The molecule has 2 aliphatic rings. The first kappa shape index (κ1) is 19.0. The third kappa shape index (κ3) is 3.32. The van der Waals surface area contributed by atoms with Gasteiger partial charge in [0, 0.05) is 30.3 Å². The fourth-order valence-corrected chi connectivity index (χ4v) is 4.71. The number of methoxy groups -OCH3 is 1. The molecule has 2 heterocycles. The number of benzene rings is 3. The van der Waals surface area contributed by atoms with E-state index in [1.165, 1.54) is 18.2 Å². The van der Waals surface area contributed by atoms with Crippen LogP contribution in [-0.2, 0) is 6.54 Å². The molecule has 0 aromatic heterocycles. The zero-order valence-corrected chi connectivity index (χ0v) is 16.6. The number of anilines is 1. The number of para-hydroxylation sites is 1. The first-order valence-corrected chi connectivity index (χ1v) is 10.1. The Morgan fingerprint density at radius 1 is 0.933 bits per heavy atom. The van der Waals surface area contributed by atoms with Gasteiger partial charge < -0.3 is 9.64 Å². The van der Waals surface area contributed by atoms with Crippen molar-refractivity contribution in [3.8, 4) is 5.75 Å². The highest BCUT2D eigenvalue weighted by molar-refractivity contribution is 5.59. The standard InChI is InChI=1S/C24H23F2N3O/c1-30-22-5-3-2-4-16(22)13-29-14-20-23(15-6-8-17(25)9-7-15)27-28-24(20)19-12-18(26)10-11-21(19)29/h2-12,20,23-24,27-28H,13-14H2,1H3. The lowest BCUT2D eigenvalue weighted by Gasteiger charge is -2.39. The normalized spacial score (nSPS) is 22.5. The maximum Gasteiger partial charge on any atom is 0.123 e. The van der Waals surface area contributed by atoms with E-state index in [2.05, 4.69) is 21.8 Å². The quantitative estimate of drug-likeness (QED) is 0.668. The SMILES string of the molecule is COc1ccccc1CN1CC2C(c3ccc(F)cc3)NNC2c2cc(F)ccc21. The van der Waals surface area contributed by atoms with Crippen molar-refractivity contribution in [1.29, 1.82) is 0 Å². The minimum absolute atomic E-state index is 0.00723. The number of halogens is 2. The summed E-state index contributed by atoms with van der Waals surface area (Å²) in [4.78, 5) is 2.28. The number of fused-ring (bicyclic) bond motifs is 3. The Morgan fingerprint density at radius 2 is 1.67 bits per heavy atom. The number of rotatable bonds is 4. The van der Waals surface area contributed by atoms with Crippen LogP contribution >= 0.6 is 0 Å². The van der Waals surface area contributed by atoms with Crippen LogP contribution < -0.4 is 20.5 Å². The Labute approximate surface area is 174 Å². The van der Waals surface area contributed by atoms with Crippen LogP contribution in [0.5, 0.6) is 5.75 Å². The lowest BCUT2D eigenvalue weighted by Crippen LogP contribution is -2.39. The molecule has 4 nitrogen and oxygen atoms in total. The van der Waals surface area contributed by atoms with Gasteiger partial charge in [0.25, 0.3) is 0 Å². The summed E-state index contributed by atoms with van der Waals surface area (Å²) in [6.07, 6.45) is 0. The summed E-state index contributed by atoms with van der Waals surface area (Å²) in [6.45, 7) is 1.42. The van der Waals surface area contributed by atoms with Gasteiger partial charge in [0.15, 0.2) is 0 Å². The van der Waals surface area contributed by atoms with Crippen molar-refractivity contribution in [1.82, 2.24) is 10.9 Å². The van der Waals surface area contributed by atoms with Gasteiger partial charge in [0.05, 0.1) is 19.2 Å². The van der Waals surface area contributed by atoms with Gasteiger partial charge in [0.2, 0.25) is 0 Å². The van der Waals surface area contributed by atoms with Gasteiger partial charge >= 0.3 is 0 Å². The minimum atomic E-state index is -0.255. The molecule has 5 rings (SSSR count). The van der Waals surface area contributed by atoms with Crippen LogP contribution in [0.3, 0.4) is 0 Å². The van der Waals surface area contributed by atoms with E-state index in [-0.39, 0.29) is 29.6 Å². The molecule has 3 aromatic carbocycles. The summed E-state index contributed by atoms with van der Waals surface area (Å²) in [6, 6.07) is 19.5. The van der Waals surface area contributed by atoms with Gasteiger partial charge in [-0.25, -0.2) is 19.6 Å². The molecule has 1 saturated heterocycles. The average Bonchev–Trinajstić information content (AvgIpc) is 3.18. The van der Waals surface area contributed by atoms with Gasteiger partial charge in [-0.3, -0.25) is 0 Å². The van der Waals surface area contributed by atoms with Crippen molar-refractivity contribution >= 4 is 5.69 Å². The van der Waals surface area contributed by atoms with Crippen molar-refractivity contribution in [3.63, 3.8) is 0 Å². The number of hydrazine groups is 1. The summed E-state index contributed by atoms with van der Waals surface area (Å²) < 4.78 is 33.1. The largest absolute Gasteiger partial charge is 0.496 e. The molecule has 2 N–H and O–H groups in total. The van der Waals surface area contributed by atoms with Crippen LogP contribution in [-0.4, -0.2) is 13.7 Å². The van der Waals surface area contributed by atoms with Crippen molar-refractivity contribution in [3.05, 3.63) is 95.1 Å². The van der Waals surface area contributed by atoms with Gasteiger partial charge in [-0.2, -0.15) is 0 Å². The molecule has 0 bridgehead atoms. The first-order valence-electron chi connectivity index (χ1n) is 10.1. The monoisotopic (exact) mass is 407 g/mol. The molecule has 0 radical (unpaired) electrons. The maximum absolute atomic E-state index is 14.2. The predicted molar refractivity (Wildman–Crippen MR) is 112 cm³/mol. The molecule has 0 amide bonds. The van der Waals surface area contributed by atoms with E-state index in [4.69, 9.17) is 4.74 Å². The summed E-state index contributed by atoms with van der Waals surface area (Å²) in [5.41, 5.74) is 10.7. The van der Waals surface area contributed by atoms with E-state index in [9.17, 15) is 8.78 Å². The molecule has 3 atom stereocenters. The Morgan fingerprint density at radius 3 is 2.47 bits per heavy atom. The lowest BCUT2D eigenvalue weighted by molar-refractivity contribution is 0.392. The molecular weight excluding hydrogens is 384 g/mol. The van der Waals surface area contributed by atoms with Crippen molar-refractivity contribution < 1.29 is 13.5 Å². The van der Waals surface area contributed by atoms with Gasteiger partial charge in [-0.15, -0.1) is 0 Å². The van der Waals surface area contributed by atoms with E-state index in [1.54, 1.807) is 13.2 Å². The van der Waals surface area contributed by atoms with Crippen molar-refractivity contribution in [2.24, 2.45) is 5.92 Å². The topological polar surface area (TPSA) is 36.5 Å². The maximum atomic E-state index is 14.2. The minimum Gasteiger partial charge on any atom is -0.496 e. The molecule has 2 aliphatic heterocycles. The number of hydrogen-bond acceptors (Lipinski definition) is 4. The third-order valence-corrected chi connectivity index (χ3v) is 6.13. The van der Waals surface area contributed by atoms with Crippen LogP contribution in [0.15, 0.2) is 66.7 Å². The fourth-order valence-electron chi connectivity index (χ4n) is 4.71. The number of hydrogen-bond donors (Lipinski definition) is 2. The Kier molecular flexibility index (Phi) is 4.89. The summed E-state index contributed by atoms with van der Waals surface area (Å²) in [5.74, 6) is 0.481. The number of nitrogens with zero attached hydrogens (tertiary/aromatic N) is 1. The zero-order valence-electron chi connectivity index (χ0n) is 16.6. The Balaban J connectivity index is 1.52. The molecule has 1 fully saturated rings. The molecule has 6 heteroatoms. The molecule has 30 heavy (non-hydrogen) atoms. The number of nitrogens with one attached hydrogen (secondary N) is 2. The average molecular weight is 407 g/mol. The summed E-state index contributed by atoms with van der Waals surface area (Å²) in [5, 5.41) is 0. The predicted octanol–water partition coefficient (Wildman–Crippen LogP) is 4.50. The molecular formula is C24H23F2N3O. The molecule has 0 aliphatic carbocycles. The van der Waals surface area contributed by atoms with Gasteiger partial charge in [-0.1, -0.05) is 30.3 Å². The van der Waals surface area contributed by atoms with E-state index < -0.39 is 0 Å². The van der Waals surface area contributed by atoms with E-state index >= 15 is 0 Å². The van der Waals surface area contributed by atoms with Crippen LogP contribution in [0.25, 0.3) is 0 Å². The molecule has 154 valence electrons. The van der Waals surface area contributed by atoms with E-state index in [1.807, 2.05) is 36.4 Å². The second-order valence-corrected chi connectivity index (χ2v) is 7.85. The highest BCUT2D eigenvalue weighted by atomic mass is 19.1. The Hall–Kier alpha value is -2.96. The second-order valence-electron chi connectivity index (χ2n) is 7.85. The van der Waals surface area contributed by atoms with E-state index in [0.29, 0.717) is 6.54 Å². The van der Waals surface area contributed by atoms with Crippen molar-refractivity contribution in [2.75, 3.05) is 18.6 Å². The second kappa shape index (κ2) is 7.70. The van der Waals surface area contributed by atoms with Crippen LogP contribution in [0, 0.1) is 17.6 Å². The van der Waals surface area contributed by atoms with Gasteiger partial charge in [-0.05, 0) is 47.5 Å². The summed E-state index contributed by atoms with van der Waals surface area (Å²) >= 11 is 0. The van der Waals surface area contributed by atoms with Crippen LogP contribution in [0.2, 0.25) is 0 Å². The third-order valence-electron chi connectivity index (χ3n) is 6.13. The highest BCUT2D eigenvalue weighted by Gasteiger charge is 2.43. The lowest BCUT2D eigenvalue weighted by atomic mass is 9.82. The molecule has 3 unspecified atom stereocenters. The number of ether oxygens (including phenoxy) is 1. The fraction of sp³-hybridized carbons (Fsp3) is 0.250. The Bertz CT molecular complexity index is 1060. The molecule has 3 aromatic rings. The smallest absolute Gasteiger partial charge is 0.123 e. The summed E-state index contributed by atoms with van der Waals surface area (Å²) in [7, 11) is 1.67. The zero-order chi connectivity index (χ0) is 20.7. The van der Waals surface area contributed by atoms with E-state index in [0.717, 1.165) is 34.7 Å². The molecule has 0 spiro atoms. The van der Waals surface area contributed by atoms with Crippen molar-refractivity contribution in [2.45, 2.75) is 18.6 Å².